The van der Waals surface area contributed by atoms with Crippen molar-refractivity contribution >= 4 is 12.0 Å². The molecular weight excluding hydrogens is 256 g/mol. The van der Waals surface area contributed by atoms with Crippen LogP contribution in [0, 0.1) is 17.8 Å². The van der Waals surface area contributed by atoms with Crippen LogP contribution in [0.3, 0.4) is 0 Å². The fraction of sp³-hybridized carbons (Fsp3) is 0.733. The van der Waals surface area contributed by atoms with E-state index in [0.717, 1.165) is 13.1 Å². The standard InChI is InChI=1S/C15H22N2O3/c18-14(19)12-5-6-13(7-12)16-15(20)17(8-10-1-2-10)9-11-3-4-11/h5-6,10-13H,1-4,7-9H2,(H,16,20)(H,18,19). The third-order valence-corrected chi connectivity index (χ3v) is 4.35. The molecule has 5 nitrogen and oxygen atoms in total. The number of aliphatic carboxylic acids is 1. The van der Waals surface area contributed by atoms with Gasteiger partial charge in [0.25, 0.3) is 0 Å². The van der Waals surface area contributed by atoms with Crippen LogP contribution in [0.15, 0.2) is 12.2 Å². The Morgan fingerprint density at radius 1 is 1.10 bits per heavy atom. The molecular formula is C15H22N2O3. The lowest BCUT2D eigenvalue weighted by molar-refractivity contribution is -0.140. The number of nitrogens with one attached hydrogen (secondary N) is 1. The van der Waals surface area contributed by atoms with Crippen LogP contribution >= 0.6 is 0 Å². The number of urea groups is 1. The second-order valence-corrected chi connectivity index (χ2v) is 6.41. The Labute approximate surface area is 119 Å². The van der Waals surface area contributed by atoms with Gasteiger partial charge in [-0.1, -0.05) is 12.2 Å². The zero-order valence-corrected chi connectivity index (χ0v) is 11.6. The summed E-state index contributed by atoms with van der Waals surface area (Å²) in [6.07, 6.45) is 8.90. The predicted molar refractivity (Wildman–Crippen MR) is 74.2 cm³/mol. The van der Waals surface area contributed by atoms with Crippen LogP contribution in [0.2, 0.25) is 0 Å². The highest BCUT2D eigenvalue weighted by Gasteiger charge is 2.33. The lowest BCUT2D eigenvalue weighted by Crippen LogP contribution is -2.45. The van der Waals surface area contributed by atoms with Crippen LogP contribution in [0.25, 0.3) is 0 Å². The number of rotatable bonds is 6. The van der Waals surface area contributed by atoms with E-state index in [9.17, 15) is 9.59 Å². The molecule has 2 unspecified atom stereocenters. The Hall–Kier alpha value is -1.52. The second kappa shape index (κ2) is 5.46. The van der Waals surface area contributed by atoms with Crippen LogP contribution in [0.1, 0.15) is 32.1 Å². The molecule has 2 atom stereocenters. The zero-order valence-electron chi connectivity index (χ0n) is 11.6. The Balaban J connectivity index is 1.50. The molecule has 5 heteroatoms. The lowest BCUT2D eigenvalue weighted by atomic mass is 10.1. The van der Waals surface area contributed by atoms with Crippen molar-refractivity contribution in [1.29, 1.82) is 0 Å². The van der Waals surface area contributed by atoms with Crippen LogP contribution in [-0.4, -0.2) is 41.1 Å². The first-order valence-corrected chi connectivity index (χ1v) is 7.58. The molecule has 0 aromatic carbocycles. The highest BCUT2D eigenvalue weighted by molar-refractivity contribution is 5.76. The number of carbonyl (C=O) groups is 2. The van der Waals surface area contributed by atoms with E-state index in [2.05, 4.69) is 5.32 Å². The topological polar surface area (TPSA) is 69.6 Å². The number of hydrogen-bond acceptors (Lipinski definition) is 2. The number of amides is 2. The Morgan fingerprint density at radius 2 is 1.70 bits per heavy atom. The number of nitrogens with zero attached hydrogens (tertiary/aromatic N) is 1. The van der Waals surface area contributed by atoms with Crippen LogP contribution < -0.4 is 5.32 Å². The summed E-state index contributed by atoms with van der Waals surface area (Å²) in [6, 6.07) is -0.158. The molecule has 2 saturated carbocycles. The van der Waals surface area contributed by atoms with E-state index in [1.165, 1.54) is 25.7 Å². The van der Waals surface area contributed by atoms with Crippen LogP contribution in [0.5, 0.6) is 0 Å². The lowest BCUT2D eigenvalue weighted by Gasteiger charge is -2.25. The van der Waals surface area contributed by atoms with E-state index in [1.807, 2.05) is 11.0 Å². The molecule has 110 valence electrons. The highest BCUT2D eigenvalue weighted by atomic mass is 16.4. The average molecular weight is 278 g/mol. The molecule has 0 heterocycles. The van der Waals surface area contributed by atoms with Crippen molar-refractivity contribution in [1.82, 2.24) is 10.2 Å². The summed E-state index contributed by atoms with van der Waals surface area (Å²) in [4.78, 5) is 25.2. The normalized spacial score (nSPS) is 28.4. The van der Waals surface area contributed by atoms with Crippen molar-refractivity contribution in [3.8, 4) is 0 Å². The molecule has 0 radical (unpaired) electrons. The largest absolute Gasteiger partial charge is 0.481 e. The fourth-order valence-corrected chi connectivity index (χ4v) is 2.70. The number of hydrogen-bond donors (Lipinski definition) is 2. The Morgan fingerprint density at radius 3 is 2.15 bits per heavy atom. The quantitative estimate of drug-likeness (QED) is 0.728. The van der Waals surface area contributed by atoms with Gasteiger partial charge in [0, 0.05) is 13.1 Å². The van der Waals surface area contributed by atoms with Crippen molar-refractivity contribution in [3.63, 3.8) is 0 Å². The highest BCUT2D eigenvalue weighted by Crippen LogP contribution is 2.33. The van der Waals surface area contributed by atoms with Crippen molar-refractivity contribution in [2.24, 2.45) is 17.8 Å². The van der Waals surface area contributed by atoms with E-state index >= 15 is 0 Å². The average Bonchev–Trinajstić information content (AvgIpc) is 3.31. The minimum absolute atomic E-state index is 0.0236. The summed E-state index contributed by atoms with van der Waals surface area (Å²) in [6.45, 7) is 1.72. The van der Waals surface area contributed by atoms with Crippen molar-refractivity contribution < 1.29 is 14.7 Å². The molecule has 0 saturated heterocycles. The molecule has 0 aromatic rings. The van der Waals surface area contributed by atoms with Gasteiger partial charge in [-0.05, 0) is 43.9 Å². The fourth-order valence-electron chi connectivity index (χ4n) is 2.70. The van der Waals surface area contributed by atoms with Gasteiger partial charge in [-0.15, -0.1) is 0 Å². The van der Waals surface area contributed by atoms with Gasteiger partial charge in [-0.25, -0.2) is 4.79 Å². The zero-order chi connectivity index (χ0) is 14.1. The van der Waals surface area contributed by atoms with E-state index in [-0.39, 0.29) is 12.1 Å². The molecule has 2 fully saturated rings. The van der Waals surface area contributed by atoms with E-state index in [1.54, 1.807) is 6.08 Å². The molecule has 3 aliphatic rings. The first-order valence-electron chi connectivity index (χ1n) is 7.58. The molecule has 0 aromatic heterocycles. The molecule has 0 spiro atoms. The van der Waals surface area contributed by atoms with Crippen LogP contribution in [0.4, 0.5) is 4.79 Å². The second-order valence-electron chi connectivity index (χ2n) is 6.41. The SMILES string of the molecule is O=C(O)C1C=CC(NC(=O)N(CC2CC2)CC2CC2)C1. The van der Waals surface area contributed by atoms with E-state index in [0.29, 0.717) is 18.3 Å². The minimum Gasteiger partial charge on any atom is -0.481 e. The predicted octanol–water partition coefficient (Wildman–Crippen LogP) is 1.85. The summed E-state index contributed by atoms with van der Waals surface area (Å²) in [7, 11) is 0. The smallest absolute Gasteiger partial charge is 0.317 e. The summed E-state index contributed by atoms with van der Waals surface area (Å²) >= 11 is 0. The number of carbonyl (C=O) groups excluding carboxylic acids is 1. The van der Waals surface area contributed by atoms with Crippen LogP contribution in [-0.2, 0) is 4.79 Å². The maximum absolute atomic E-state index is 12.3. The van der Waals surface area contributed by atoms with Gasteiger partial charge in [0.2, 0.25) is 0 Å². The molecule has 2 amide bonds. The molecule has 0 bridgehead atoms. The van der Waals surface area contributed by atoms with Gasteiger partial charge in [0.05, 0.1) is 12.0 Å². The van der Waals surface area contributed by atoms with E-state index < -0.39 is 11.9 Å². The molecule has 3 aliphatic carbocycles. The Bertz CT molecular complexity index is 413. The van der Waals surface area contributed by atoms with Crippen molar-refractivity contribution in [2.75, 3.05) is 13.1 Å². The van der Waals surface area contributed by atoms with Gasteiger partial charge in [-0.2, -0.15) is 0 Å². The number of carboxylic acid groups (broad SMARTS) is 1. The van der Waals surface area contributed by atoms with Gasteiger partial charge in [-0.3, -0.25) is 4.79 Å². The molecule has 0 aliphatic heterocycles. The summed E-state index contributed by atoms with van der Waals surface area (Å²) < 4.78 is 0. The number of carboxylic acids is 1. The third-order valence-electron chi connectivity index (χ3n) is 4.35. The summed E-state index contributed by atoms with van der Waals surface area (Å²) in [5, 5.41) is 11.9. The van der Waals surface area contributed by atoms with Gasteiger partial charge in [0.15, 0.2) is 0 Å². The Kier molecular flexibility index (Phi) is 3.68. The molecule has 3 rings (SSSR count). The van der Waals surface area contributed by atoms with Gasteiger partial charge in [0.1, 0.15) is 0 Å². The summed E-state index contributed by atoms with van der Waals surface area (Å²) in [5.74, 6) is 0.0993. The minimum atomic E-state index is -0.814. The first-order chi connectivity index (χ1) is 9.61. The molecule has 20 heavy (non-hydrogen) atoms. The summed E-state index contributed by atoms with van der Waals surface area (Å²) in [5.41, 5.74) is 0. The third kappa shape index (κ3) is 3.52. The van der Waals surface area contributed by atoms with Crippen molar-refractivity contribution in [2.45, 2.75) is 38.1 Å². The van der Waals surface area contributed by atoms with E-state index in [4.69, 9.17) is 5.11 Å². The van der Waals surface area contributed by atoms with Gasteiger partial charge >= 0.3 is 12.0 Å². The van der Waals surface area contributed by atoms with Crippen molar-refractivity contribution in [3.05, 3.63) is 12.2 Å². The maximum atomic E-state index is 12.3. The first kappa shape index (κ1) is 13.5. The monoisotopic (exact) mass is 278 g/mol. The van der Waals surface area contributed by atoms with Gasteiger partial charge < -0.3 is 15.3 Å². The molecule has 2 N–H and O–H groups in total. The maximum Gasteiger partial charge on any atom is 0.317 e.